The molecule has 1 amide bonds. The number of primary amides is 1. The number of hydrogen-bond donors (Lipinski definition) is 4. The van der Waals surface area contributed by atoms with Gasteiger partial charge in [0.25, 0.3) is 0 Å². The molecule has 0 bridgehead atoms. The molecular formula is C16H23ClN6O. The van der Waals surface area contributed by atoms with E-state index in [1.807, 2.05) is 31.2 Å². The molecule has 3 atom stereocenters. The van der Waals surface area contributed by atoms with Crippen LogP contribution in [0.15, 0.2) is 34.3 Å². The molecule has 1 heterocycles. The molecule has 8 N–H and O–H groups in total. The molecule has 0 aromatic heterocycles. The van der Waals surface area contributed by atoms with Gasteiger partial charge in [-0.05, 0) is 43.4 Å². The van der Waals surface area contributed by atoms with Crippen molar-refractivity contribution in [3.63, 3.8) is 0 Å². The quantitative estimate of drug-likeness (QED) is 0.572. The minimum absolute atomic E-state index is 0.00308. The number of halogens is 1. The molecule has 0 spiro atoms. The first-order valence-corrected chi connectivity index (χ1v) is 8.06. The van der Waals surface area contributed by atoms with Crippen molar-refractivity contribution >= 4 is 28.5 Å². The summed E-state index contributed by atoms with van der Waals surface area (Å²) in [7, 11) is 0. The second-order valence-electron chi connectivity index (χ2n) is 6.15. The Hall–Kier alpha value is -1.96. The highest BCUT2D eigenvalue weighted by Gasteiger charge is 2.43. The van der Waals surface area contributed by atoms with E-state index >= 15 is 0 Å². The molecule has 0 saturated carbocycles. The summed E-state index contributed by atoms with van der Waals surface area (Å²) in [6, 6.07) is 6.96. The fraction of sp³-hybridized carbons (Fsp3) is 0.438. The summed E-state index contributed by atoms with van der Waals surface area (Å²) in [5.41, 5.74) is 24.4. The highest BCUT2D eigenvalue weighted by molar-refractivity contribution is 6.83. The number of rotatable bonds is 6. The topological polar surface area (TPSA) is 146 Å². The van der Waals surface area contributed by atoms with E-state index in [0.717, 1.165) is 0 Å². The smallest absolute Gasteiger partial charge is 0.246 e. The van der Waals surface area contributed by atoms with Crippen LogP contribution in [0.1, 0.15) is 17.5 Å². The summed E-state index contributed by atoms with van der Waals surface area (Å²) in [6.07, 6.45) is 1.03. The zero-order valence-electron chi connectivity index (χ0n) is 13.6. The minimum Gasteiger partial charge on any atom is -0.381 e. The number of benzene rings is 1. The van der Waals surface area contributed by atoms with Crippen molar-refractivity contribution in [1.29, 1.82) is 0 Å². The highest BCUT2D eigenvalue weighted by atomic mass is 35.5. The Labute approximate surface area is 146 Å². The Morgan fingerprint density at radius 2 is 2.08 bits per heavy atom. The third-order valence-electron chi connectivity index (χ3n) is 4.24. The summed E-state index contributed by atoms with van der Waals surface area (Å²) < 4.78 is 0. The standard InChI is InChI=1S/C16H23ClN6O/c1-9-4-2-3-5-11(9)6-10(8-18)7-16(21)12(15(20)24)22-13(17)14(19)23-16/h2-5,10,12H,6-8,18,21H2,1H3,(H2,19,23)(H2,20,24)/t10?,12-,16?/m0/s1. The number of nitrogens with zero attached hydrogens (tertiary/aromatic N) is 2. The number of amides is 1. The molecule has 0 fully saturated rings. The van der Waals surface area contributed by atoms with Crippen molar-refractivity contribution in [3.05, 3.63) is 35.4 Å². The van der Waals surface area contributed by atoms with Gasteiger partial charge in [0, 0.05) is 0 Å². The van der Waals surface area contributed by atoms with Gasteiger partial charge in [-0.25, -0.2) is 4.99 Å². The second-order valence-corrected chi connectivity index (χ2v) is 6.51. The molecule has 1 aromatic rings. The van der Waals surface area contributed by atoms with Gasteiger partial charge in [0.2, 0.25) is 5.91 Å². The lowest BCUT2D eigenvalue weighted by Gasteiger charge is -2.35. The molecule has 7 nitrogen and oxygen atoms in total. The average molecular weight is 351 g/mol. The van der Waals surface area contributed by atoms with Gasteiger partial charge in [-0.2, -0.15) is 0 Å². The van der Waals surface area contributed by atoms with Gasteiger partial charge in [-0.15, -0.1) is 0 Å². The summed E-state index contributed by atoms with van der Waals surface area (Å²) in [5.74, 6) is -0.705. The fourth-order valence-corrected chi connectivity index (χ4v) is 3.08. The van der Waals surface area contributed by atoms with Crippen LogP contribution >= 0.6 is 11.6 Å². The van der Waals surface area contributed by atoms with Crippen LogP contribution in [0.3, 0.4) is 0 Å². The summed E-state index contributed by atoms with van der Waals surface area (Å²) in [5, 5.41) is -0.0527. The third-order valence-corrected chi connectivity index (χ3v) is 4.54. The molecule has 130 valence electrons. The molecule has 8 heteroatoms. The lowest BCUT2D eigenvalue weighted by molar-refractivity contribution is -0.120. The van der Waals surface area contributed by atoms with Crippen molar-refractivity contribution in [2.45, 2.75) is 31.5 Å². The van der Waals surface area contributed by atoms with Crippen molar-refractivity contribution < 1.29 is 4.79 Å². The van der Waals surface area contributed by atoms with E-state index in [1.165, 1.54) is 11.1 Å². The van der Waals surface area contributed by atoms with Gasteiger partial charge in [0.1, 0.15) is 5.66 Å². The maximum Gasteiger partial charge on any atom is 0.246 e. The second kappa shape index (κ2) is 7.29. The van der Waals surface area contributed by atoms with Gasteiger partial charge in [0.15, 0.2) is 17.0 Å². The van der Waals surface area contributed by atoms with Gasteiger partial charge in [-0.3, -0.25) is 9.79 Å². The van der Waals surface area contributed by atoms with Crippen LogP contribution in [0.25, 0.3) is 0 Å². The average Bonchev–Trinajstić information content (AvgIpc) is 2.52. The molecular weight excluding hydrogens is 328 g/mol. The van der Waals surface area contributed by atoms with E-state index in [-0.39, 0.29) is 16.9 Å². The first-order chi connectivity index (χ1) is 11.3. The minimum atomic E-state index is -1.35. The van der Waals surface area contributed by atoms with Gasteiger partial charge in [-0.1, -0.05) is 35.9 Å². The summed E-state index contributed by atoms with van der Waals surface area (Å²) in [4.78, 5) is 20.0. The normalized spacial score (nSPS) is 24.9. The lowest BCUT2D eigenvalue weighted by Crippen LogP contribution is -2.59. The number of amidine groups is 1. The van der Waals surface area contributed by atoms with E-state index in [0.29, 0.717) is 19.4 Å². The van der Waals surface area contributed by atoms with Crippen LogP contribution < -0.4 is 22.9 Å². The first-order valence-electron chi connectivity index (χ1n) is 7.68. The maximum absolute atomic E-state index is 11.7. The zero-order valence-corrected chi connectivity index (χ0v) is 14.3. The first kappa shape index (κ1) is 18.4. The SMILES string of the molecule is Cc1ccccc1CC(CN)CC1(N)N=C(N)C(Cl)=N[C@H]1C(N)=O. The zero-order chi connectivity index (χ0) is 17.9. The van der Waals surface area contributed by atoms with Crippen molar-refractivity contribution in [2.75, 3.05) is 6.54 Å². The van der Waals surface area contributed by atoms with Crippen molar-refractivity contribution in [3.8, 4) is 0 Å². The maximum atomic E-state index is 11.7. The van der Waals surface area contributed by atoms with E-state index in [1.54, 1.807) is 0 Å². The van der Waals surface area contributed by atoms with E-state index in [4.69, 9.17) is 34.5 Å². The fourth-order valence-electron chi connectivity index (χ4n) is 2.94. The Morgan fingerprint density at radius 3 is 2.67 bits per heavy atom. The molecule has 0 saturated heterocycles. The lowest BCUT2D eigenvalue weighted by atomic mass is 9.84. The van der Waals surface area contributed by atoms with Crippen LogP contribution in [-0.4, -0.2) is 35.2 Å². The third kappa shape index (κ3) is 3.92. The Morgan fingerprint density at radius 1 is 1.42 bits per heavy atom. The molecule has 0 aliphatic carbocycles. The predicted octanol–water partition coefficient (Wildman–Crippen LogP) is 0.0195. The predicted molar refractivity (Wildman–Crippen MR) is 96.9 cm³/mol. The number of nitrogens with two attached hydrogens (primary N) is 4. The van der Waals surface area contributed by atoms with Crippen LogP contribution in [0.2, 0.25) is 0 Å². The molecule has 2 unspecified atom stereocenters. The Balaban J connectivity index is 2.25. The summed E-state index contributed by atoms with van der Waals surface area (Å²) in [6.45, 7) is 2.42. The number of aryl methyl sites for hydroxylation is 1. The van der Waals surface area contributed by atoms with Crippen molar-refractivity contribution in [1.82, 2.24) is 0 Å². The van der Waals surface area contributed by atoms with Gasteiger partial charge in [0.05, 0.1) is 0 Å². The molecule has 1 aliphatic rings. The van der Waals surface area contributed by atoms with E-state index in [2.05, 4.69) is 9.98 Å². The largest absolute Gasteiger partial charge is 0.381 e. The molecule has 1 aromatic carbocycles. The Bertz CT molecular complexity index is 689. The summed E-state index contributed by atoms with van der Waals surface area (Å²) >= 11 is 5.86. The number of carbonyl (C=O) groups is 1. The number of carbonyl (C=O) groups excluding carboxylic acids is 1. The number of aliphatic imine (C=N–C) groups is 2. The van der Waals surface area contributed by atoms with Crippen LogP contribution in [0, 0.1) is 12.8 Å². The molecule has 2 rings (SSSR count). The van der Waals surface area contributed by atoms with Crippen LogP contribution in [-0.2, 0) is 11.2 Å². The Kier molecular flexibility index (Phi) is 5.58. The molecule has 24 heavy (non-hydrogen) atoms. The van der Waals surface area contributed by atoms with Crippen LogP contribution in [0.4, 0.5) is 0 Å². The highest BCUT2D eigenvalue weighted by Crippen LogP contribution is 2.28. The molecule has 1 aliphatic heterocycles. The van der Waals surface area contributed by atoms with E-state index < -0.39 is 17.6 Å². The van der Waals surface area contributed by atoms with Crippen molar-refractivity contribution in [2.24, 2.45) is 38.8 Å². The van der Waals surface area contributed by atoms with Gasteiger partial charge < -0.3 is 22.9 Å². The van der Waals surface area contributed by atoms with Gasteiger partial charge >= 0.3 is 0 Å². The van der Waals surface area contributed by atoms with Crippen LogP contribution in [0.5, 0.6) is 0 Å². The van der Waals surface area contributed by atoms with E-state index in [9.17, 15) is 4.79 Å². The number of hydrogen-bond acceptors (Lipinski definition) is 6. The molecule has 0 radical (unpaired) electrons. The monoisotopic (exact) mass is 350 g/mol.